The van der Waals surface area contributed by atoms with Gasteiger partial charge in [0.1, 0.15) is 12.4 Å². The van der Waals surface area contributed by atoms with E-state index in [1.165, 1.54) is 6.26 Å². The first kappa shape index (κ1) is 17.8. The Hall–Kier alpha value is -1.64. The maximum absolute atomic E-state index is 11.2. The fourth-order valence-electron chi connectivity index (χ4n) is 3.61. The van der Waals surface area contributed by atoms with Gasteiger partial charge in [-0.25, -0.2) is 18.1 Å². The lowest BCUT2D eigenvalue weighted by atomic mass is 9.86. The van der Waals surface area contributed by atoms with Gasteiger partial charge in [0.25, 0.3) is 0 Å². The van der Waals surface area contributed by atoms with Crippen molar-refractivity contribution in [3.05, 3.63) is 29.1 Å². The Bertz CT molecular complexity index is 887. The molecular formula is C18H23N3O3S2. The number of anilines is 1. The highest BCUT2D eigenvalue weighted by Gasteiger charge is 2.25. The Kier molecular flexibility index (Phi) is 4.90. The molecule has 1 aromatic heterocycles. The summed E-state index contributed by atoms with van der Waals surface area (Å²) in [7, 11) is -3.10. The molecule has 2 N–H and O–H groups in total. The normalized spacial score (nSPS) is 22.2. The summed E-state index contributed by atoms with van der Waals surface area (Å²) in [4.78, 5) is 5.97. The third-order valence-corrected chi connectivity index (χ3v) is 6.66. The number of hydrogen-bond acceptors (Lipinski definition) is 6. The molecule has 1 aromatic carbocycles. The molecule has 140 valence electrons. The van der Waals surface area contributed by atoms with Crippen molar-refractivity contribution in [1.29, 1.82) is 0 Å². The zero-order chi connectivity index (χ0) is 18.1. The van der Waals surface area contributed by atoms with E-state index >= 15 is 0 Å². The van der Waals surface area contributed by atoms with Gasteiger partial charge in [-0.15, -0.1) is 0 Å². The van der Waals surface area contributed by atoms with Gasteiger partial charge < -0.3 is 10.1 Å². The Morgan fingerprint density at radius 3 is 2.77 bits per heavy atom. The van der Waals surface area contributed by atoms with Crippen LogP contribution in [0.1, 0.15) is 30.6 Å². The van der Waals surface area contributed by atoms with Gasteiger partial charge in [0.05, 0.1) is 16.8 Å². The summed E-state index contributed by atoms with van der Waals surface area (Å²) in [6.45, 7) is 1.13. The van der Waals surface area contributed by atoms with Crippen molar-refractivity contribution in [3.8, 4) is 17.0 Å². The van der Waals surface area contributed by atoms with Gasteiger partial charge in [-0.3, -0.25) is 0 Å². The predicted molar refractivity (Wildman–Crippen MR) is 104 cm³/mol. The number of fused-ring (bicyclic) bond motifs is 3. The lowest BCUT2D eigenvalue weighted by Crippen LogP contribution is -2.33. The van der Waals surface area contributed by atoms with Gasteiger partial charge >= 0.3 is 0 Å². The average molecular weight is 394 g/mol. The summed E-state index contributed by atoms with van der Waals surface area (Å²) in [5.41, 5.74) is 2.10. The highest BCUT2D eigenvalue weighted by molar-refractivity contribution is 7.88. The highest BCUT2D eigenvalue weighted by Crippen LogP contribution is 2.41. The molecule has 1 fully saturated rings. The van der Waals surface area contributed by atoms with E-state index in [-0.39, 0.29) is 0 Å². The fraction of sp³-hybridized carbons (Fsp3) is 0.500. The van der Waals surface area contributed by atoms with Gasteiger partial charge in [0.15, 0.2) is 5.13 Å². The summed E-state index contributed by atoms with van der Waals surface area (Å²) in [5.74, 6) is 1.32. The number of para-hydroxylation sites is 1. The zero-order valence-corrected chi connectivity index (χ0v) is 16.3. The second-order valence-electron chi connectivity index (χ2n) is 7.06. The second-order valence-corrected chi connectivity index (χ2v) is 9.97. The number of ether oxygens (including phenoxy) is 1. The molecule has 0 saturated heterocycles. The van der Waals surface area contributed by atoms with Gasteiger partial charge in [0.2, 0.25) is 10.0 Å². The van der Waals surface area contributed by atoms with Gasteiger partial charge in [-0.05, 0) is 43.7 Å². The fourth-order valence-corrected chi connectivity index (χ4v) is 5.11. The van der Waals surface area contributed by atoms with Crippen LogP contribution in [0, 0.1) is 5.92 Å². The molecule has 6 nitrogen and oxygen atoms in total. The Morgan fingerprint density at radius 1 is 1.23 bits per heavy atom. The van der Waals surface area contributed by atoms with E-state index in [9.17, 15) is 8.42 Å². The molecule has 0 atom stereocenters. The standard InChI is InChI=1S/C18H23N3O3S2/c1-26(22,23)19-10-12-6-8-13(9-7-12)20-18-21-17-14-4-2-3-5-15(14)24-11-16(17)25-18/h2-5,12-13,19H,6-11H2,1H3,(H,20,21). The van der Waals surface area contributed by atoms with Crippen molar-refractivity contribution in [2.24, 2.45) is 5.92 Å². The Labute approximate surface area is 158 Å². The molecule has 2 aliphatic rings. The molecule has 0 bridgehead atoms. The van der Waals surface area contributed by atoms with Gasteiger partial charge in [-0.2, -0.15) is 0 Å². The van der Waals surface area contributed by atoms with E-state index in [4.69, 9.17) is 9.72 Å². The Balaban J connectivity index is 1.36. The van der Waals surface area contributed by atoms with Crippen molar-refractivity contribution in [2.45, 2.75) is 38.3 Å². The van der Waals surface area contributed by atoms with Gasteiger partial charge in [-0.1, -0.05) is 23.5 Å². The van der Waals surface area contributed by atoms with Crippen LogP contribution in [0.15, 0.2) is 24.3 Å². The molecule has 8 heteroatoms. The number of aromatic nitrogens is 1. The molecule has 1 saturated carbocycles. The first-order valence-electron chi connectivity index (χ1n) is 8.91. The lowest BCUT2D eigenvalue weighted by Gasteiger charge is -2.28. The third-order valence-electron chi connectivity index (χ3n) is 5.01. The summed E-state index contributed by atoms with van der Waals surface area (Å²) < 4.78 is 30.9. The van der Waals surface area contributed by atoms with E-state index in [0.29, 0.717) is 25.1 Å². The quantitative estimate of drug-likeness (QED) is 0.815. The number of nitrogens with zero attached hydrogens (tertiary/aromatic N) is 1. The van der Waals surface area contributed by atoms with Crippen LogP contribution in [-0.4, -0.2) is 32.2 Å². The zero-order valence-electron chi connectivity index (χ0n) is 14.7. The predicted octanol–water partition coefficient (Wildman–Crippen LogP) is 3.22. The number of sulfonamides is 1. The van der Waals surface area contributed by atoms with Gasteiger partial charge in [0, 0.05) is 18.2 Å². The van der Waals surface area contributed by atoms with Crippen LogP contribution in [0.4, 0.5) is 5.13 Å². The minimum atomic E-state index is -3.10. The number of nitrogens with one attached hydrogen (secondary N) is 2. The minimum Gasteiger partial charge on any atom is -0.487 e. The van der Waals surface area contributed by atoms with Crippen LogP contribution in [0.5, 0.6) is 5.75 Å². The monoisotopic (exact) mass is 393 g/mol. The van der Waals surface area contributed by atoms with Crippen molar-refractivity contribution in [1.82, 2.24) is 9.71 Å². The van der Waals surface area contributed by atoms with Crippen molar-refractivity contribution < 1.29 is 13.2 Å². The maximum atomic E-state index is 11.2. The molecule has 0 amide bonds. The van der Waals surface area contributed by atoms with Crippen LogP contribution in [0.25, 0.3) is 11.3 Å². The lowest BCUT2D eigenvalue weighted by molar-refractivity contribution is 0.305. The van der Waals surface area contributed by atoms with E-state index in [0.717, 1.165) is 52.7 Å². The van der Waals surface area contributed by atoms with Crippen LogP contribution in [0.2, 0.25) is 0 Å². The van der Waals surface area contributed by atoms with Crippen molar-refractivity contribution in [3.63, 3.8) is 0 Å². The first-order chi connectivity index (χ1) is 12.5. The molecule has 4 rings (SSSR count). The van der Waals surface area contributed by atoms with Crippen LogP contribution < -0.4 is 14.8 Å². The second kappa shape index (κ2) is 7.17. The van der Waals surface area contributed by atoms with Crippen molar-refractivity contribution >= 4 is 26.5 Å². The SMILES string of the molecule is CS(=O)(=O)NCC1CCC(Nc2nc3c(s2)COc2ccccc2-3)CC1. The van der Waals surface area contributed by atoms with E-state index in [1.807, 2.05) is 18.2 Å². The average Bonchev–Trinajstić information content (AvgIpc) is 3.03. The largest absolute Gasteiger partial charge is 0.487 e. The first-order valence-corrected chi connectivity index (χ1v) is 11.6. The summed E-state index contributed by atoms with van der Waals surface area (Å²) >= 11 is 1.67. The molecule has 0 unspecified atom stereocenters. The van der Waals surface area contributed by atoms with E-state index in [1.54, 1.807) is 11.3 Å². The number of benzene rings is 1. The minimum absolute atomic E-state index is 0.397. The van der Waals surface area contributed by atoms with Crippen molar-refractivity contribution in [2.75, 3.05) is 18.1 Å². The maximum Gasteiger partial charge on any atom is 0.208 e. The number of rotatable bonds is 5. The molecule has 0 radical (unpaired) electrons. The smallest absolute Gasteiger partial charge is 0.208 e. The molecule has 1 aliphatic heterocycles. The molecule has 26 heavy (non-hydrogen) atoms. The van der Waals surface area contributed by atoms with E-state index < -0.39 is 10.0 Å². The Morgan fingerprint density at radius 2 is 2.00 bits per heavy atom. The summed E-state index contributed by atoms with van der Waals surface area (Å²) in [5, 5.41) is 4.53. The molecule has 2 aromatic rings. The molecule has 1 aliphatic carbocycles. The van der Waals surface area contributed by atoms with Crippen LogP contribution >= 0.6 is 11.3 Å². The third kappa shape index (κ3) is 4.02. The molecule has 0 spiro atoms. The number of thiazole rings is 1. The van der Waals surface area contributed by atoms with Crippen LogP contribution in [-0.2, 0) is 16.6 Å². The molecular weight excluding hydrogens is 370 g/mol. The highest BCUT2D eigenvalue weighted by atomic mass is 32.2. The van der Waals surface area contributed by atoms with Crippen LogP contribution in [0.3, 0.4) is 0 Å². The summed E-state index contributed by atoms with van der Waals surface area (Å²) in [6, 6.07) is 8.42. The van der Waals surface area contributed by atoms with E-state index in [2.05, 4.69) is 16.1 Å². The topological polar surface area (TPSA) is 80.3 Å². The molecule has 2 heterocycles. The number of hydrogen-bond donors (Lipinski definition) is 2. The summed E-state index contributed by atoms with van der Waals surface area (Å²) in [6.07, 6.45) is 5.33.